The van der Waals surface area contributed by atoms with Crippen LogP contribution in [0.5, 0.6) is 5.88 Å². The molecule has 0 aliphatic carbocycles. The van der Waals surface area contributed by atoms with Crippen LogP contribution in [0.25, 0.3) is 11.3 Å². The Morgan fingerprint density at radius 2 is 1.79 bits per heavy atom. The van der Waals surface area contributed by atoms with Crippen molar-refractivity contribution in [3.63, 3.8) is 0 Å². The molecule has 14 nitrogen and oxygen atoms in total. The van der Waals surface area contributed by atoms with Crippen LogP contribution < -0.4 is 20.3 Å². The highest BCUT2D eigenvalue weighted by Gasteiger charge is 2.41. The summed E-state index contributed by atoms with van der Waals surface area (Å²) in [4.78, 5) is 67.6. The van der Waals surface area contributed by atoms with E-state index in [2.05, 4.69) is 37.5 Å². The zero-order valence-electron chi connectivity index (χ0n) is 34.5. The number of nitrogens with one attached hydrogen (secondary N) is 2. The minimum absolute atomic E-state index is 0.0374. The van der Waals surface area contributed by atoms with Gasteiger partial charge in [-0.1, -0.05) is 6.92 Å². The van der Waals surface area contributed by atoms with Gasteiger partial charge in [0.1, 0.15) is 11.6 Å². The summed E-state index contributed by atoms with van der Waals surface area (Å²) >= 11 is 0. The normalized spacial score (nSPS) is 24.0. The molecular weight excluding hydrogens is 785 g/mol. The minimum Gasteiger partial charge on any atom is -0.477 e. The number of hydrogen-bond acceptors (Lipinski definition) is 10. The molecule has 4 aromatic rings. The fourth-order valence-electron chi connectivity index (χ4n) is 9.69. The number of benzene rings is 2. The number of rotatable bonds is 5. The van der Waals surface area contributed by atoms with Gasteiger partial charge in [0.15, 0.2) is 0 Å². The van der Waals surface area contributed by atoms with Crippen LogP contribution in [0.4, 0.5) is 20.2 Å². The molecule has 2 N–H and O–H groups in total. The average Bonchev–Trinajstić information content (AvgIpc) is 3.92. The van der Waals surface area contributed by atoms with Crippen LogP contribution in [0.3, 0.4) is 0 Å². The number of aromatic nitrogens is 3. The smallest absolute Gasteiger partial charge is 0.280 e. The highest BCUT2D eigenvalue weighted by Crippen LogP contribution is 2.38. The number of pyridine rings is 1. The van der Waals surface area contributed by atoms with Gasteiger partial charge < -0.3 is 24.8 Å². The number of imide groups is 1. The number of aryl methyl sites for hydroxylation is 2. The molecule has 318 valence electrons. The van der Waals surface area contributed by atoms with E-state index >= 15 is 8.78 Å². The standard InChI is InChI=1S/C45H49F2N9O5/c1-25-5-4-16-61-44-32(22-48-53(44)3)36-20-30(17-26(2)49-36)41(58)52-45-50-35-8-6-28(21-38(35)56(45)23-25)43(60)55-15-11-29-24-54(14-12-37(29)55)13-10-27-18-33(46)40(34(47)19-27)31-7-9-39(57)51-42(31)59/h6,8,17-22,25,29,31,37H,4-5,7,9-16,23-24H2,1-3H3,(H,50,52,58)(H,51,57,59)/t25-,29+,31-,37-/m1/s1. The number of carbonyl (C=O) groups is 4. The first-order valence-electron chi connectivity index (χ1n) is 21.2. The molecule has 0 radical (unpaired) electrons. The Bertz CT molecular complexity index is 2450. The molecule has 2 aromatic heterocycles. The Morgan fingerprint density at radius 3 is 2.59 bits per heavy atom. The summed E-state index contributed by atoms with van der Waals surface area (Å²) in [5.74, 6) is -2.67. The Hall–Kier alpha value is -6.03. The topological polar surface area (TPSA) is 154 Å². The number of likely N-dealkylation sites (tertiary alicyclic amines) is 2. The number of hydrogen-bond donors (Lipinski definition) is 2. The maximum atomic E-state index is 15.2. The third-order valence-electron chi connectivity index (χ3n) is 12.8. The van der Waals surface area contributed by atoms with E-state index in [0.717, 1.165) is 50.1 Å². The number of guanidine groups is 1. The van der Waals surface area contributed by atoms with Crippen LogP contribution in [0.1, 0.15) is 88.9 Å². The molecule has 3 saturated heterocycles. The van der Waals surface area contributed by atoms with Gasteiger partial charge >= 0.3 is 0 Å². The lowest BCUT2D eigenvalue weighted by Gasteiger charge is -2.38. The van der Waals surface area contributed by atoms with E-state index in [9.17, 15) is 19.2 Å². The van der Waals surface area contributed by atoms with Crippen molar-refractivity contribution in [3.05, 3.63) is 88.2 Å². The van der Waals surface area contributed by atoms with Gasteiger partial charge in [-0.05, 0) is 105 Å². The van der Waals surface area contributed by atoms with E-state index in [1.165, 1.54) is 12.1 Å². The van der Waals surface area contributed by atoms with E-state index in [1.807, 2.05) is 42.0 Å². The van der Waals surface area contributed by atoms with Gasteiger partial charge in [0, 0.05) is 74.6 Å². The van der Waals surface area contributed by atoms with Crippen LogP contribution in [-0.4, -0.2) is 99.5 Å². The Kier molecular flexibility index (Phi) is 10.9. The van der Waals surface area contributed by atoms with Crippen molar-refractivity contribution in [2.24, 2.45) is 23.9 Å². The van der Waals surface area contributed by atoms with Gasteiger partial charge in [-0.2, -0.15) is 10.1 Å². The van der Waals surface area contributed by atoms with E-state index in [4.69, 9.17) is 4.74 Å². The average molecular weight is 834 g/mol. The lowest BCUT2D eigenvalue weighted by atomic mass is 9.88. The third-order valence-corrected chi connectivity index (χ3v) is 12.8. The molecule has 0 unspecified atom stereocenters. The fraction of sp³-hybridized carbons (Fsp3) is 0.444. The maximum Gasteiger partial charge on any atom is 0.280 e. The number of amides is 4. The first-order valence-corrected chi connectivity index (χ1v) is 21.2. The summed E-state index contributed by atoms with van der Waals surface area (Å²) in [6, 6.07) is 11.7. The number of nitrogens with zero attached hydrogens (tertiary/aromatic N) is 7. The molecule has 0 spiro atoms. The summed E-state index contributed by atoms with van der Waals surface area (Å²) in [7, 11) is 1.82. The van der Waals surface area contributed by atoms with E-state index < -0.39 is 35.3 Å². The molecule has 4 atom stereocenters. The number of anilines is 2. The Labute approximate surface area is 352 Å². The predicted molar refractivity (Wildman–Crippen MR) is 223 cm³/mol. The van der Waals surface area contributed by atoms with Crippen molar-refractivity contribution in [1.29, 1.82) is 0 Å². The fourth-order valence-corrected chi connectivity index (χ4v) is 9.69. The van der Waals surface area contributed by atoms with E-state index in [0.29, 0.717) is 78.1 Å². The monoisotopic (exact) mass is 833 g/mol. The summed E-state index contributed by atoms with van der Waals surface area (Å²) in [6.45, 7) is 7.79. The van der Waals surface area contributed by atoms with Crippen LogP contribution in [0, 0.1) is 30.4 Å². The second-order valence-corrected chi connectivity index (χ2v) is 17.1. The predicted octanol–water partition coefficient (Wildman–Crippen LogP) is 5.61. The molecular formula is C45H49F2N9O5. The summed E-state index contributed by atoms with van der Waals surface area (Å²) < 4.78 is 38.3. The number of aliphatic imine (C=N–C) groups is 1. The van der Waals surface area contributed by atoms with Crippen LogP contribution >= 0.6 is 0 Å². The van der Waals surface area contributed by atoms with Crippen molar-refractivity contribution in [2.75, 3.05) is 49.5 Å². The summed E-state index contributed by atoms with van der Waals surface area (Å²) in [5.41, 5.74) is 4.69. The summed E-state index contributed by atoms with van der Waals surface area (Å²) in [6.07, 6.45) is 5.53. The maximum absolute atomic E-state index is 15.2. The van der Waals surface area contributed by atoms with Crippen LogP contribution in [-0.2, 0) is 23.1 Å². The molecule has 0 saturated carbocycles. The van der Waals surface area contributed by atoms with Crippen molar-refractivity contribution in [2.45, 2.75) is 70.8 Å². The number of ether oxygens (including phenoxy) is 1. The Morgan fingerprint density at radius 1 is 0.967 bits per heavy atom. The molecule has 3 fully saturated rings. The zero-order valence-corrected chi connectivity index (χ0v) is 34.5. The van der Waals surface area contributed by atoms with Crippen molar-refractivity contribution < 1.29 is 32.7 Å². The number of carbonyl (C=O) groups excluding carboxylic acids is 4. The Balaban J connectivity index is 0.879. The molecule has 5 aliphatic rings. The molecule has 4 amide bonds. The number of fused-ring (bicyclic) bond motifs is 8. The molecule has 9 rings (SSSR count). The van der Waals surface area contributed by atoms with Crippen LogP contribution in [0.2, 0.25) is 0 Å². The van der Waals surface area contributed by atoms with E-state index in [1.54, 1.807) is 23.0 Å². The lowest BCUT2D eigenvalue weighted by Crippen LogP contribution is -2.48. The number of piperidine rings is 2. The summed E-state index contributed by atoms with van der Waals surface area (Å²) in [5, 5.41) is 9.93. The van der Waals surface area contributed by atoms with Crippen LogP contribution in [0.15, 0.2) is 53.7 Å². The minimum atomic E-state index is -1.03. The first kappa shape index (κ1) is 40.4. The zero-order chi connectivity index (χ0) is 42.5. The second-order valence-electron chi connectivity index (χ2n) is 17.1. The largest absolute Gasteiger partial charge is 0.477 e. The van der Waals surface area contributed by atoms with Gasteiger partial charge in [-0.25, -0.2) is 13.5 Å². The molecule has 5 aliphatic heterocycles. The SMILES string of the molecule is Cc1cc2cc(n1)-c1cnn(C)c1OCCC[C@@H](C)CN1/C(=N/C2=O)Nc2ccc(C(=O)N3CC[C@H]4CN(CCc5cc(F)c([C@H]6CCC(=O)NC6=O)c(F)c5)CC[C@H]43)cc21. The highest BCUT2D eigenvalue weighted by atomic mass is 19.1. The van der Waals surface area contributed by atoms with Gasteiger partial charge in [0.2, 0.25) is 23.7 Å². The van der Waals surface area contributed by atoms with Crippen molar-refractivity contribution in [3.8, 4) is 17.1 Å². The molecule has 7 heterocycles. The quantitative estimate of drug-likeness (QED) is 0.243. The van der Waals surface area contributed by atoms with Crippen molar-refractivity contribution in [1.82, 2.24) is 29.9 Å². The molecule has 61 heavy (non-hydrogen) atoms. The molecule has 2 aromatic carbocycles. The second kappa shape index (κ2) is 16.4. The van der Waals surface area contributed by atoms with Gasteiger partial charge in [0.05, 0.1) is 41.4 Å². The lowest BCUT2D eigenvalue weighted by molar-refractivity contribution is -0.134. The third kappa shape index (κ3) is 8.00. The molecule has 16 heteroatoms. The first-order chi connectivity index (χ1) is 29.4. The van der Waals surface area contributed by atoms with Gasteiger partial charge in [0.25, 0.3) is 11.8 Å². The molecule has 2 bridgehead atoms. The highest BCUT2D eigenvalue weighted by molar-refractivity contribution is 6.19. The van der Waals surface area contributed by atoms with Gasteiger partial charge in [-0.3, -0.25) is 29.5 Å². The van der Waals surface area contributed by atoms with E-state index in [-0.39, 0.29) is 42.2 Å². The number of halogens is 2. The van der Waals surface area contributed by atoms with Gasteiger partial charge in [-0.15, -0.1) is 0 Å². The van der Waals surface area contributed by atoms with Crippen molar-refractivity contribution >= 4 is 41.0 Å².